The first-order valence-corrected chi connectivity index (χ1v) is 13.4. The maximum atomic E-state index is 13.4. The number of urea groups is 1. The number of ether oxygens (including phenoxy) is 2. The highest BCUT2D eigenvalue weighted by Crippen LogP contribution is 2.37. The molecule has 0 saturated carbocycles. The molecule has 198 valence electrons. The van der Waals surface area contributed by atoms with Crippen LogP contribution in [0.2, 0.25) is 0 Å². The molecule has 1 N–H and O–H groups in total. The van der Waals surface area contributed by atoms with Gasteiger partial charge in [-0.25, -0.2) is 4.79 Å². The van der Waals surface area contributed by atoms with Gasteiger partial charge in [-0.05, 0) is 17.5 Å². The number of aromatic amines is 1. The second-order valence-electron chi connectivity index (χ2n) is 9.19. The Kier molecular flexibility index (Phi) is 8.55. The molecule has 2 amide bonds. The predicted octanol–water partition coefficient (Wildman–Crippen LogP) is 3.30. The lowest BCUT2D eigenvalue weighted by atomic mass is 9.83. The van der Waals surface area contributed by atoms with Gasteiger partial charge in [0.25, 0.3) is 0 Å². The third-order valence-corrected chi connectivity index (χ3v) is 7.85. The Balaban J connectivity index is 1.52. The molecule has 0 radical (unpaired) electrons. The molecule has 12 heteroatoms. The van der Waals surface area contributed by atoms with Gasteiger partial charge in [0.2, 0.25) is 5.88 Å². The van der Waals surface area contributed by atoms with Gasteiger partial charge in [-0.3, -0.25) is 9.31 Å². The van der Waals surface area contributed by atoms with E-state index in [9.17, 15) is 22.2 Å². The molecular weight excluding hydrogens is 497 g/mol. The van der Waals surface area contributed by atoms with E-state index in [1.807, 2.05) is 6.07 Å². The Morgan fingerprint density at radius 1 is 1.11 bits per heavy atom. The number of aromatic nitrogens is 2. The molecule has 2 aliphatic rings. The zero-order chi connectivity index (χ0) is 25.7. The van der Waals surface area contributed by atoms with Gasteiger partial charge in [-0.1, -0.05) is 24.3 Å². The van der Waals surface area contributed by atoms with Gasteiger partial charge >= 0.3 is 12.2 Å². The average Bonchev–Trinajstić information content (AvgIpc) is 3.32. The van der Waals surface area contributed by atoms with Crippen LogP contribution in [0.3, 0.4) is 0 Å². The third kappa shape index (κ3) is 7.00. The topological polar surface area (TPSA) is 87.8 Å². The number of amides is 2. The SMILES string of the molecule is COCCOc1cc(C2CC(c3ccc(CC(F)(F)F)cc3)CN(C(=O)N3CCS(=O)CC3)C2)[nH]n1. The van der Waals surface area contributed by atoms with Crippen molar-refractivity contribution >= 4 is 16.8 Å². The van der Waals surface area contributed by atoms with Crippen LogP contribution in [0.1, 0.15) is 35.1 Å². The van der Waals surface area contributed by atoms with Gasteiger partial charge in [-0.15, -0.1) is 5.10 Å². The van der Waals surface area contributed by atoms with Crippen LogP contribution in [-0.2, 0) is 22.0 Å². The zero-order valence-electron chi connectivity index (χ0n) is 20.1. The van der Waals surface area contributed by atoms with Crippen LogP contribution in [0, 0.1) is 0 Å². The van der Waals surface area contributed by atoms with Crippen LogP contribution in [0.5, 0.6) is 5.88 Å². The van der Waals surface area contributed by atoms with E-state index in [1.165, 1.54) is 12.1 Å². The summed E-state index contributed by atoms with van der Waals surface area (Å²) in [6, 6.07) is 8.20. The molecule has 36 heavy (non-hydrogen) atoms. The minimum atomic E-state index is -4.26. The third-order valence-electron chi connectivity index (χ3n) is 6.58. The summed E-state index contributed by atoms with van der Waals surface area (Å²) in [5, 5.41) is 7.24. The van der Waals surface area contributed by atoms with Crippen molar-refractivity contribution in [2.75, 3.05) is 58.0 Å². The van der Waals surface area contributed by atoms with Crippen LogP contribution >= 0.6 is 0 Å². The largest absolute Gasteiger partial charge is 0.474 e. The summed E-state index contributed by atoms with van der Waals surface area (Å²) >= 11 is 0. The van der Waals surface area contributed by atoms with Crippen LogP contribution in [0.25, 0.3) is 0 Å². The second kappa shape index (κ2) is 11.6. The number of hydrogen-bond acceptors (Lipinski definition) is 5. The van der Waals surface area contributed by atoms with Gasteiger partial charge in [0.1, 0.15) is 6.61 Å². The first-order chi connectivity index (χ1) is 17.2. The summed E-state index contributed by atoms with van der Waals surface area (Å²) in [7, 11) is 0.691. The molecule has 1 aromatic heterocycles. The van der Waals surface area contributed by atoms with E-state index in [0.29, 0.717) is 63.2 Å². The number of benzene rings is 1. The fraction of sp³-hybridized carbons (Fsp3) is 0.583. The number of carbonyl (C=O) groups excluding carboxylic acids is 1. The van der Waals surface area contributed by atoms with Crippen molar-refractivity contribution in [1.82, 2.24) is 20.0 Å². The van der Waals surface area contributed by atoms with Crippen LogP contribution < -0.4 is 4.74 Å². The van der Waals surface area contributed by atoms with E-state index in [0.717, 1.165) is 11.3 Å². The Morgan fingerprint density at radius 2 is 1.81 bits per heavy atom. The first kappa shape index (κ1) is 26.5. The Hall–Kier alpha value is -2.60. The number of hydrogen-bond donors (Lipinski definition) is 1. The lowest BCUT2D eigenvalue weighted by Crippen LogP contribution is -2.52. The number of nitrogens with zero attached hydrogens (tertiary/aromatic N) is 3. The maximum absolute atomic E-state index is 13.4. The van der Waals surface area contributed by atoms with Crippen molar-refractivity contribution < 1.29 is 31.6 Å². The molecule has 2 atom stereocenters. The van der Waals surface area contributed by atoms with Gasteiger partial charge < -0.3 is 19.3 Å². The molecule has 2 aromatic rings. The van der Waals surface area contributed by atoms with Crippen molar-refractivity contribution in [1.29, 1.82) is 0 Å². The number of piperidine rings is 1. The summed E-state index contributed by atoms with van der Waals surface area (Å²) in [6.07, 6.45) is -4.53. The molecule has 2 unspecified atom stereocenters. The number of likely N-dealkylation sites (tertiary alicyclic amines) is 1. The van der Waals surface area contributed by atoms with E-state index in [2.05, 4.69) is 10.2 Å². The molecule has 8 nitrogen and oxygen atoms in total. The Bertz CT molecular complexity index is 1040. The number of methoxy groups -OCH3 is 1. The molecule has 0 bridgehead atoms. The molecule has 0 aliphatic carbocycles. The van der Waals surface area contributed by atoms with Crippen LogP contribution in [0.15, 0.2) is 30.3 Å². The summed E-state index contributed by atoms with van der Waals surface area (Å²) in [6.45, 7) is 2.62. The Labute approximate surface area is 210 Å². The monoisotopic (exact) mass is 528 g/mol. The van der Waals surface area contributed by atoms with Crippen molar-refractivity contribution in [2.24, 2.45) is 0 Å². The molecule has 4 rings (SSSR count). The minimum absolute atomic E-state index is 0.0613. The van der Waals surface area contributed by atoms with Crippen molar-refractivity contribution in [3.63, 3.8) is 0 Å². The number of nitrogens with one attached hydrogen (secondary N) is 1. The zero-order valence-corrected chi connectivity index (χ0v) is 20.9. The van der Waals surface area contributed by atoms with E-state index >= 15 is 0 Å². The van der Waals surface area contributed by atoms with Crippen molar-refractivity contribution in [3.05, 3.63) is 47.2 Å². The molecule has 1 aromatic carbocycles. The highest BCUT2D eigenvalue weighted by atomic mass is 32.2. The molecule has 3 heterocycles. The van der Waals surface area contributed by atoms with Crippen LogP contribution in [0.4, 0.5) is 18.0 Å². The lowest BCUT2D eigenvalue weighted by molar-refractivity contribution is -0.127. The average molecular weight is 529 g/mol. The molecule has 0 spiro atoms. The number of halogens is 3. The second-order valence-corrected chi connectivity index (χ2v) is 10.9. The lowest BCUT2D eigenvalue weighted by Gasteiger charge is -2.40. The first-order valence-electron chi connectivity index (χ1n) is 11.9. The molecular formula is C24H31F3N4O4S. The number of rotatable bonds is 7. The van der Waals surface area contributed by atoms with Gasteiger partial charge in [-0.2, -0.15) is 13.2 Å². The molecule has 2 fully saturated rings. The summed E-state index contributed by atoms with van der Waals surface area (Å²) in [5.41, 5.74) is 1.93. The van der Waals surface area contributed by atoms with Crippen molar-refractivity contribution in [3.8, 4) is 5.88 Å². The number of H-pyrrole nitrogens is 1. The molecule has 2 aliphatic heterocycles. The standard InChI is InChI=1S/C24H31F3N4O4S/c1-34-8-9-35-22-13-21(28-29-22)20-12-19(18-4-2-17(3-5-18)14-24(25,26)27)15-31(16-20)23(32)30-6-10-36(33)11-7-30/h2-5,13,19-20H,6-12,14-16H2,1H3,(H,28,29). The van der Waals surface area contributed by atoms with Crippen LogP contribution in [-0.4, -0.2) is 94.4 Å². The van der Waals surface area contributed by atoms with Crippen molar-refractivity contribution in [2.45, 2.75) is 30.9 Å². The Morgan fingerprint density at radius 3 is 2.47 bits per heavy atom. The quantitative estimate of drug-likeness (QED) is 0.558. The van der Waals surface area contributed by atoms with E-state index in [1.54, 1.807) is 29.0 Å². The van der Waals surface area contributed by atoms with Gasteiger partial charge in [0.05, 0.1) is 13.0 Å². The predicted molar refractivity (Wildman–Crippen MR) is 129 cm³/mol. The fourth-order valence-electron chi connectivity index (χ4n) is 4.72. The van der Waals surface area contributed by atoms with Gasteiger partial charge in [0.15, 0.2) is 0 Å². The normalized spacial score (nSPS) is 21.6. The van der Waals surface area contributed by atoms with Gasteiger partial charge in [0, 0.05) is 79.2 Å². The highest BCUT2D eigenvalue weighted by Gasteiger charge is 2.35. The van der Waals surface area contributed by atoms with E-state index in [-0.39, 0.29) is 23.4 Å². The fourth-order valence-corrected chi connectivity index (χ4v) is 5.77. The smallest absolute Gasteiger partial charge is 0.393 e. The maximum Gasteiger partial charge on any atom is 0.393 e. The summed E-state index contributed by atoms with van der Waals surface area (Å²) in [5.74, 6) is 1.25. The highest BCUT2D eigenvalue weighted by molar-refractivity contribution is 7.85. The minimum Gasteiger partial charge on any atom is -0.474 e. The number of alkyl halides is 3. The molecule has 2 saturated heterocycles. The van der Waals surface area contributed by atoms with E-state index in [4.69, 9.17) is 9.47 Å². The van der Waals surface area contributed by atoms with E-state index < -0.39 is 23.4 Å². The summed E-state index contributed by atoms with van der Waals surface area (Å²) < 4.78 is 60.7. The summed E-state index contributed by atoms with van der Waals surface area (Å²) in [4.78, 5) is 16.9. The number of carbonyl (C=O) groups is 1.